The van der Waals surface area contributed by atoms with Gasteiger partial charge in [0.2, 0.25) is 6.79 Å². The van der Waals surface area contributed by atoms with Crippen LogP contribution in [0.1, 0.15) is 13.8 Å². The molecule has 0 radical (unpaired) electrons. The van der Waals surface area contributed by atoms with Crippen molar-refractivity contribution in [2.75, 3.05) is 6.79 Å². The molecule has 0 unspecified atom stereocenters. The predicted octanol–water partition coefficient (Wildman–Crippen LogP) is 2.95. The maximum absolute atomic E-state index is 10.8. The molecular weight excluding hydrogens is 426 g/mol. The molecule has 0 rings (SSSR count). The minimum atomic E-state index is -0.588. The monoisotopic (exact) mass is 438 g/mol. The number of carbonyl (C=O) groups excluding carboxylic acids is 2. The molecule has 0 saturated carbocycles. The molecule has 0 aliphatic rings. The average Bonchev–Trinajstić information content (AvgIpc) is 2.20. The van der Waals surface area contributed by atoms with Crippen LogP contribution in [-0.4, -0.2) is 18.7 Å². The summed E-state index contributed by atoms with van der Waals surface area (Å²) in [5.74, 6) is -1.18. The first-order valence-electron chi connectivity index (χ1n) is 3.74. The van der Waals surface area contributed by atoms with E-state index in [2.05, 4.69) is 59.9 Å². The van der Waals surface area contributed by atoms with Gasteiger partial charge in [0.25, 0.3) is 0 Å². The summed E-state index contributed by atoms with van der Waals surface area (Å²) < 4.78 is 9.00. The number of hydrogen-bond acceptors (Lipinski definition) is 4. The smallest absolute Gasteiger partial charge is 0.335 e. The van der Waals surface area contributed by atoms with Crippen molar-refractivity contribution in [1.82, 2.24) is 0 Å². The molecule has 0 N–H and O–H groups in total. The molecule has 0 aromatic heterocycles. The fraction of sp³-hybridized carbons (Fsp3) is 0.333. The summed E-state index contributed by atoms with van der Waals surface area (Å²) >= 11 is 4.24. The summed E-state index contributed by atoms with van der Waals surface area (Å²) in [5.41, 5.74) is 0.512. The molecule has 0 fully saturated rings. The second-order valence-corrected chi connectivity index (χ2v) is 2.54. The van der Waals surface area contributed by atoms with E-state index in [1.807, 2.05) is 0 Å². The fourth-order valence-electron chi connectivity index (χ4n) is 0.383. The Morgan fingerprint density at radius 2 is 1.27 bits per heavy atom. The Bertz CT molecular complexity index is 235. The molecular formula is C9H12I2O4. The normalized spacial score (nSPS) is 8.00. The van der Waals surface area contributed by atoms with E-state index in [4.69, 9.17) is 0 Å². The van der Waals surface area contributed by atoms with Crippen molar-refractivity contribution in [2.24, 2.45) is 0 Å². The predicted molar refractivity (Wildman–Crippen MR) is 74.7 cm³/mol. The van der Waals surface area contributed by atoms with Crippen LogP contribution in [0.3, 0.4) is 0 Å². The SMILES string of the molecule is C=C(C)C(=O)OCOC(=O)C(=C)C.II. The Hall–Kier alpha value is -0.120. The summed E-state index contributed by atoms with van der Waals surface area (Å²) in [4.78, 5) is 21.5. The van der Waals surface area contributed by atoms with Gasteiger partial charge in [0.05, 0.1) is 0 Å². The molecule has 6 heteroatoms. The van der Waals surface area contributed by atoms with Gasteiger partial charge in [-0.2, -0.15) is 0 Å². The molecule has 0 aliphatic heterocycles. The third kappa shape index (κ3) is 10.2. The van der Waals surface area contributed by atoms with Crippen LogP contribution >= 0.6 is 37.2 Å². The molecule has 4 nitrogen and oxygen atoms in total. The lowest BCUT2D eigenvalue weighted by atomic mass is 10.4. The van der Waals surface area contributed by atoms with Gasteiger partial charge in [-0.25, -0.2) is 9.59 Å². The largest absolute Gasteiger partial charge is 0.425 e. The zero-order valence-corrected chi connectivity index (χ0v) is 12.8. The van der Waals surface area contributed by atoms with Crippen molar-refractivity contribution < 1.29 is 19.1 Å². The van der Waals surface area contributed by atoms with Crippen LogP contribution < -0.4 is 0 Å². The number of esters is 2. The molecule has 0 atom stereocenters. The van der Waals surface area contributed by atoms with Gasteiger partial charge in [-0.1, -0.05) is 13.2 Å². The summed E-state index contributed by atoms with van der Waals surface area (Å²) in [7, 11) is 0. The number of carbonyl (C=O) groups is 2. The van der Waals surface area contributed by atoms with Crippen LogP contribution in [0, 0.1) is 0 Å². The Morgan fingerprint density at radius 1 is 1.00 bits per heavy atom. The quantitative estimate of drug-likeness (QED) is 0.293. The molecule has 0 heterocycles. The highest BCUT2D eigenvalue weighted by atomic mass is 128. The van der Waals surface area contributed by atoms with Gasteiger partial charge < -0.3 is 9.47 Å². The van der Waals surface area contributed by atoms with Gasteiger partial charge in [-0.15, -0.1) is 0 Å². The molecule has 15 heavy (non-hydrogen) atoms. The van der Waals surface area contributed by atoms with Gasteiger partial charge >= 0.3 is 11.9 Å². The molecule has 0 aromatic carbocycles. The van der Waals surface area contributed by atoms with E-state index < -0.39 is 18.7 Å². The summed E-state index contributed by atoms with van der Waals surface area (Å²) in [6.07, 6.45) is 0. The van der Waals surface area contributed by atoms with Crippen LogP contribution in [-0.2, 0) is 19.1 Å². The highest BCUT2D eigenvalue weighted by Gasteiger charge is 2.06. The van der Waals surface area contributed by atoms with Gasteiger partial charge in [0.15, 0.2) is 0 Å². The number of hydrogen-bond donors (Lipinski definition) is 0. The third-order valence-corrected chi connectivity index (χ3v) is 1.08. The van der Waals surface area contributed by atoms with Crippen molar-refractivity contribution in [1.29, 1.82) is 0 Å². The van der Waals surface area contributed by atoms with E-state index in [-0.39, 0.29) is 11.1 Å². The Balaban J connectivity index is 0. The molecule has 0 amide bonds. The Labute approximate surface area is 112 Å². The summed E-state index contributed by atoms with van der Waals surface area (Å²) in [5, 5.41) is 0. The Kier molecular flexibility index (Phi) is 12.0. The summed E-state index contributed by atoms with van der Waals surface area (Å²) in [6.45, 7) is 9.31. The van der Waals surface area contributed by atoms with Gasteiger partial charge in [-0.3, -0.25) is 0 Å². The van der Waals surface area contributed by atoms with Crippen molar-refractivity contribution in [3.63, 3.8) is 0 Å². The number of rotatable bonds is 4. The van der Waals surface area contributed by atoms with Crippen LogP contribution in [0.4, 0.5) is 0 Å². The molecule has 0 aliphatic carbocycles. The van der Waals surface area contributed by atoms with Crippen LogP contribution in [0.5, 0.6) is 0 Å². The first-order valence-corrected chi connectivity index (χ1v) is 10.0. The number of ether oxygens (including phenoxy) is 2. The highest BCUT2D eigenvalue weighted by Crippen LogP contribution is 1.95. The second-order valence-electron chi connectivity index (χ2n) is 2.54. The molecule has 0 aromatic rings. The zero-order valence-electron chi connectivity index (χ0n) is 8.51. The lowest BCUT2D eigenvalue weighted by molar-refractivity contribution is -0.161. The van der Waals surface area contributed by atoms with Crippen LogP contribution in [0.2, 0.25) is 0 Å². The standard InChI is InChI=1S/C9H12O4.I2/c1-6(2)8(10)12-5-13-9(11)7(3)4;1-2/h1,3,5H2,2,4H3;. The van der Waals surface area contributed by atoms with Crippen LogP contribution in [0.25, 0.3) is 0 Å². The van der Waals surface area contributed by atoms with Crippen molar-refractivity contribution in [3.8, 4) is 0 Å². The molecule has 0 bridgehead atoms. The van der Waals surface area contributed by atoms with Crippen molar-refractivity contribution >= 4 is 49.2 Å². The number of halogens is 2. The maximum atomic E-state index is 10.8. The van der Waals surface area contributed by atoms with Crippen LogP contribution in [0.15, 0.2) is 24.3 Å². The van der Waals surface area contributed by atoms with Gasteiger partial charge in [0, 0.05) is 48.4 Å². The minimum absolute atomic E-state index is 0.256. The van der Waals surface area contributed by atoms with Crippen molar-refractivity contribution in [2.45, 2.75) is 13.8 Å². The highest BCUT2D eigenvalue weighted by molar-refractivity contribution is 15.0. The molecule has 0 saturated heterocycles. The lowest BCUT2D eigenvalue weighted by Crippen LogP contribution is -2.13. The van der Waals surface area contributed by atoms with E-state index in [1.54, 1.807) is 0 Å². The summed E-state index contributed by atoms with van der Waals surface area (Å²) in [6, 6.07) is 0. The minimum Gasteiger partial charge on any atom is -0.425 e. The van der Waals surface area contributed by atoms with E-state index >= 15 is 0 Å². The zero-order chi connectivity index (χ0) is 12.4. The van der Waals surface area contributed by atoms with Gasteiger partial charge in [0.1, 0.15) is 0 Å². The molecule has 0 spiro atoms. The van der Waals surface area contributed by atoms with Crippen molar-refractivity contribution in [3.05, 3.63) is 24.3 Å². The third-order valence-electron chi connectivity index (χ3n) is 1.08. The Morgan fingerprint density at radius 3 is 1.47 bits per heavy atom. The fourth-order valence-corrected chi connectivity index (χ4v) is 0.383. The average molecular weight is 438 g/mol. The maximum Gasteiger partial charge on any atom is 0.335 e. The molecule has 86 valence electrons. The first kappa shape index (κ1) is 17.3. The lowest BCUT2D eigenvalue weighted by Gasteiger charge is -2.04. The first-order chi connectivity index (χ1) is 6.95. The van der Waals surface area contributed by atoms with E-state index in [1.165, 1.54) is 13.8 Å². The van der Waals surface area contributed by atoms with E-state index in [9.17, 15) is 9.59 Å². The topological polar surface area (TPSA) is 52.6 Å². The second kappa shape index (κ2) is 10.4. The van der Waals surface area contributed by atoms with E-state index in [0.29, 0.717) is 0 Å². The van der Waals surface area contributed by atoms with E-state index in [0.717, 1.165) is 0 Å². The van der Waals surface area contributed by atoms with Gasteiger partial charge in [-0.05, 0) is 13.8 Å².